The number of hydrogen-bond acceptors (Lipinski definition) is 3. The molecule has 110 valence electrons. The van der Waals surface area contributed by atoms with Crippen molar-refractivity contribution in [2.24, 2.45) is 5.92 Å². The SMILES string of the molecule is Cc1ccc(NC(=O)CN2CCCC(C)C2C)c(N)c1. The number of amides is 1. The van der Waals surface area contributed by atoms with Gasteiger partial charge in [0.2, 0.25) is 5.91 Å². The largest absolute Gasteiger partial charge is 0.397 e. The number of nitrogens with two attached hydrogens (primary N) is 1. The Kier molecular flexibility index (Phi) is 4.65. The van der Waals surface area contributed by atoms with Crippen LogP contribution < -0.4 is 11.1 Å². The fraction of sp³-hybridized carbons (Fsp3) is 0.562. The maximum Gasteiger partial charge on any atom is 0.238 e. The molecule has 0 bridgehead atoms. The molecule has 1 fully saturated rings. The first-order chi connectivity index (χ1) is 9.47. The molecule has 1 heterocycles. The summed E-state index contributed by atoms with van der Waals surface area (Å²) in [5.74, 6) is 0.669. The van der Waals surface area contributed by atoms with Gasteiger partial charge in [0.1, 0.15) is 0 Å². The Bertz CT molecular complexity index is 487. The van der Waals surface area contributed by atoms with Crippen LogP contribution in [0.25, 0.3) is 0 Å². The average molecular weight is 275 g/mol. The monoisotopic (exact) mass is 275 g/mol. The van der Waals surface area contributed by atoms with E-state index in [0.29, 0.717) is 29.9 Å². The maximum atomic E-state index is 12.2. The standard InChI is InChI=1S/C16H25N3O/c1-11-6-7-15(14(17)9-11)18-16(20)10-19-8-4-5-12(2)13(19)3/h6-7,9,12-13H,4-5,8,10,17H2,1-3H3,(H,18,20). The quantitative estimate of drug-likeness (QED) is 0.834. The van der Waals surface area contributed by atoms with Gasteiger partial charge >= 0.3 is 0 Å². The number of rotatable bonds is 3. The summed E-state index contributed by atoms with van der Waals surface area (Å²) in [6.07, 6.45) is 2.43. The van der Waals surface area contributed by atoms with Crippen LogP contribution in [-0.2, 0) is 4.79 Å². The van der Waals surface area contributed by atoms with Crippen molar-refractivity contribution < 1.29 is 4.79 Å². The van der Waals surface area contributed by atoms with Crippen molar-refractivity contribution in [1.82, 2.24) is 4.90 Å². The molecule has 1 saturated heterocycles. The van der Waals surface area contributed by atoms with Crippen LogP contribution in [0.2, 0.25) is 0 Å². The van der Waals surface area contributed by atoms with Crippen LogP contribution in [0.15, 0.2) is 18.2 Å². The molecule has 1 amide bonds. The minimum atomic E-state index is 0.0153. The van der Waals surface area contributed by atoms with Gasteiger partial charge < -0.3 is 11.1 Å². The zero-order valence-corrected chi connectivity index (χ0v) is 12.6. The molecule has 1 aliphatic heterocycles. The molecule has 20 heavy (non-hydrogen) atoms. The molecule has 0 aromatic heterocycles. The number of piperidine rings is 1. The van der Waals surface area contributed by atoms with Gasteiger partial charge in [-0.2, -0.15) is 0 Å². The fourth-order valence-corrected chi connectivity index (χ4v) is 2.81. The molecule has 4 heteroatoms. The Labute approximate surface area is 121 Å². The lowest BCUT2D eigenvalue weighted by Gasteiger charge is -2.37. The number of anilines is 2. The summed E-state index contributed by atoms with van der Waals surface area (Å²) in [5, 5.41) is 2.91. The first-order valence-electron chi connectivity index (χ1n) is 7.37. The van der Waals surface area contributed by atoms with Gasteiger partial charge in [0.05, 0.1) is 17.9 Å². The highest BCUT2D eigenvalue weighted by Crippen LogP contribution is 2.23. The van der Waals surface area contributed by atoms with Crippen molar-refractivity contribution in [3.63, 3.8) is 0 Å². The predicted octanol–water partition coefficient (Wildman–Crippen LogP) is 2.64. The van der Waals surface area contributed by atoms with E-state index in [0.717, 1.165) is 12.1 Å². The van der Waals surface area contributed by atoms with Gasteiger partial charge in [-0.1, -0.05) is 13.0 Å². The predicted molar refractivity (Wildman–Crippen MR) is 83.7 cm³/mol. The Morgan fingerprint density at radius 1 is 1.45 bits per heavy atom. The molecule has 0 radical (unpaired) electrons. The number of benzene rings is 1. The maximum absolute atomic E-state index is 12.2. The minimum Gasteiger partial charge on any atom is -0.397 e. The number of nitrogen functional groups attached to an aromatic ring is 1. The molecular weight excluding hydrogens is 250 g/mol. The summed E-state index contributed by atoms with van der Waals surface area (Å²) in [4.78, 5) is 14.4. The Hall–Kier alpha value is -1.55. The van der Waals surface area contributed by atoms with Gasteiger partial charge in [0, 0.05) is 6.04 Å². The number of nitrogens with one attached hydrogen (secondary N) is 1. The van der Waals surface area contributed by atoms with E-state index in [1.807, 2.05) is 25.1 Å². The van der Waals surface area contributed by atoms with Crippen LogP contribution in [0.1, 0.15) is 32.3 Å². The zero-order valence-electron chi connectivity index (χ0n) is 12.6. The molecule has 3 N–H and O–H groups in total. The molecule has 2 rings (SSSR count). The van der Waals surface area contributed by atoms with Crippen molar-refractivity contribution in [3.05, 3.63) is 23.8 Å². The van der Waals surface area contributed by atoms with E-state index >= 15 is 0 Å². The Balaban J connectivity index is 1.95. The third-order valence-electron chi connectivity index (χ3n) is 4.33. The second kappa shape index (κ2) is 6.27. The van der Waals surface area contributed by atoms with Crippen molar-refractivity contribution in [2.75, 3.05) is 24.1 Å². The van der Waals surface area contributed by atoms with Crippen molar-refractivity contribution in [3.8, 4) is 0 Å². The summed E-state index contributed by atoms with van der Waals surface area (Å²) >= 11 is 0. The van der Waals surface area contributed by atoms with Gasteiger partial charge in [0.25, 0.3) is 0 Å². The third kappa shape index (κ3) is 3.51. The Morgan fingerprint density at radius 2 is 2.20 bits per heavy atom. The van der Waals surface area contributed by atoms with Gasteiger partial charge in [0.15, 0.2) is 0 Å². The highest BCUT2D eigenvalue weighted by atomic mass is 16.2. The average Bonchev–Trinajstić information content (AvgIpc) is 2.38. The topological polar surface area (TPSA) is 58.4 Å². The summed E-state index contributed by atoms with van der Waals surface area (Å²) in [5.41, 5.74) is 8.35. The zero-order chi connectivity index (χ0) is 14.7. The first kappa shape index (κ1) is 14.9. The van der Waals surface area contributed by atoms with Crippen molar-refractivity contribution in [2.45, 2.75) is 39.7 Å². The molecule has 2 unspecified atom stereocenters. The van der Waals surface area contributed by atoms with Gasteiger partial charge in [-0.05, 0) is 56.8 Å². The lowest BCUT2D eigenvalue weighted by atomic mass is 9.92. The molecule has 0 spiro atoms. The van der Waals surface area contributed by atoms with E-state index in [1.165, 1.54) is 12.8 Å². The lowest BCUT2D eigenvalue weighted by Crippen LogP contribution is -2.46. The van der Waals surface area contributed by atoms with Gasteiger partial charge in [-0.3, -0.25) is 9.69 Å². The molecule has 1 aliphatic rings. The summed E-state index contributed by atoms with van der Waals surface area (Å²) in [6.45, 7) is 7.89. The van der Waals surface area contributed by atoms with E-state index in [1.54, 1.807) is 0 Å². The normalized spacial score (nSPS) is 23.6. The van der Waals surface area contributed by atoms with Crippen LogP contribution >= 0.6 is 0 Å². The number of carbonyl (C=O) groups is 1. The van der Waals surface area contributed by atoms with Crippen molar-refractivity contribution >= 4 is 17.3 Å². The van der Waals surface area contributed by atoms with Gasteiger partial charge in [-0.15, -0.1) is 0 Å². The van der Waals surface area contributed by atoms with Gasteiger partial charge in [-0.25, -0.2) is 0 Å². The van der Waals surface area contributed by atoms with E-state index in [9.17, 15) is 4.79 Å². The van der Waals surface area contributed by atoms with E-state index in [4.69, 9.17) is 5.73 Å². The number of nitrogens with zero attached hydrogens (tertiary/aromatic N) is 1. The summed E-state index contributed by atoms with van der Waals surface area (Å²) in [6, 6.07) is 6.16. The second-order valence-electron chi connectivity index (χ2n) is 5.97. The number of hydrogen-bond donors (Lipinski definition) is 2. The summed E-state index contributed by atoms with van der Waals surface area (Å²) < 4.78 is 0. The smallest absolute Gasteiger partial charge is 0.238 e. The van der Waals surface area contributed by atoms with Crippen LogP contribution in [0, 0.1) is 12.8 Å². The minimum absolute atomic E-state index is 0.0153. The van der Waals surface area contributed by atoms with Crippen LogP contribution in [-0.4, -0.2) is 29.9 Å². The van der Waals surface area contributed by atoms with E-state index in [2.05, 4.69) is 24.1 Å². The second-order valence-corrected chi connectivity index (χ2v) is 5.97. The van der Waals surface area contributed by atoms with Crippen LogP contribution in [0.3, 0.4) is 0 Å². The van der Waals surface area contributed by atoms with Crippen LogP contribution in [0.4, 0.5) is 11.4 Å². The first-order valence-corrected chi connectivity index (χ1v) is 7.37. The highest BCUT2D eigenvalue weighted by Gasteiger charge is 2.26. The molecule has 0 saturated carbocycles. The number of carbonyl (C=O) groups excluding carboxylic acids is 1. The number of aryl methyl sites for hydroxylation is 1. The molecular formula is C16H25N3O. The van der Waals surface area contributed by atoms with Crippen LogP contribution in [0.5, 0.6) is 0 Å². The Morgan fingerprint density at radius 3 is 2.90 bits per heavy atom. The molecule has 4 nitrogen and oxygen atoms in total. The number of likely N-dealkylation sites (tertiary alicyclic amines) is 1. The molecule has 1 aromatic carbocycles. The third-order valence-corrected chi connectivity index (χ3v) is 4.33. The summed E-state index contributed by atoms with van der Waals surface area (Å²) in [7, 11) is 0. The van der Waals surface area contributed by atoms with E-state index in [-0.39, 0.29) is 5.91 Å². The van der Waals surface area contributed by atoms with Crippen molar-refractivity contribution in [1.29, 1.82) is 0 Å². The molecule has 0 aliphatic carbocycles. The lowest BCUT2D eigenvalue weighted by molar-refractivity contribution is -0.118. The fourth-order valence-electron chi connectivity index (χ4n) is 2.81. The molecule has 2 atom stereocenters. The van der Waals surface area contributed by atoms with E-state index < -0.39 is 0 Å². The molecule has 1 aromatic rings. The highest BCUT2D eigenvalue weighted by molar-refractivity contribution is 5.95.